The van der Waals surface area contributed by atoms with Crippen LogP contribution in [-0.4, -0.2) is 36.7 Å². The first-order valence-electron chi connectivity index (χ1n) is 8.81. The molecule has 6 nitrogen and oxygen atoms in total. The number of alkyl halides is 9. The topological polar surface area (TPSA) is 91.0 Å². The lowest BCUT2D eigenvalue weighted by Crippen LogP contribution is -2.27. The predicted molar refractivity (Wildman–Crippen MR) is 88.8 cm³/mol. The molecule has 0 amide bonds. The highest BCUT2D eigenvalue weighted by Crippen LogP contribution is 2.45. The normalized spacial score (nSPS) is 14.6. The van der Waals surface area contributed by atoms with Crippen molar-refractivity contribution < 1.29 is 63.6 Å². The van der Waals surface area contributed by atoms with Gasteiger partial charge in [-0.05, 0) is 30.9 Å². The van der Waals surface area contributed by atoms with Crippen LogP contribution in [0.4, 0.5) is 39.5 Å². The smallest absolute Gasteiger partial charge is 0.481 e. The van der Waals surface area contributed by atoms with Gasteiger partial charge in [0.15, 0.2) is 11.5 Å². The molecule has 15 heteroatoms. The molecule has 0 fully saturated rings. The van der Waals surface area contributed by atoms with Crippen LogP contribution in [0, 0.1) is 11.8 Å². The Balaban J connectivity index is 3.61. The molecule has 0 aliphatic rings. The molecule has 1 aromatic carbocycles. The van der Waals surface area contributed by atoms with E-state index in [1.54, 1.807) is 0 Å². The standard InChI is InChI=1S/C17H18F9NO5/c1-2-8(5-9(7-27)14(28)29)6-10-11(30-15(18,19)20)3-4-12(31-16(21,22)23)13(10)32-17(24,25)26/h3-4,8-9H,2,5-7,27H2,1H3,(H,28,29). The van der Waals surface area contributed by atoms with E-state index in [9.17, 15) is 44.3 Å². The molecule has 184 valence electrons. The van der Waals surface area contributed by atoms with Crippen molar-refractivity contribution in [2.75, 3.05) is 6.54 Å². The molecule has 0 bridgehead atoms. The van der Waals surface area contributed by atoms with Crippen LogP contribution in [0.5, 0.6) is 17.2 Å². The third-order valence-electron chi connectivity index (χ3n) is 4.17. The Labute approximate surface area is 175 Å². The molecule has 0 radical (unpaired) electrons. The highest BCUT2D eigenvalue weighted by atomic mass is 19.4. The van der Waals surface area contributed by atoms with Gasteiger partial charge in [-0.25, -0.2) is 0 Å². The Bertz CT molecular complexity index is 777. The molecule has 0 aliphatic carbocycles. The quantitative estimate of drug-likeness (QED) is 0.452. The molecular weight excluding hydrogens is 469 g/mol. The summed E-state index contributed by atoms with van der Waals surface area (Å²) in [5.41, 5.74) is 4.28. The predicted octanol–water partition coefficient (Wildman–Crippen LogP) is 5.00. The number of benzene rings is 1. The summed E-state index contributed by atoms with van der Waals surface area (Å²) >= 11 is 0. The fourth-order valence-corrected chi connectivity index (χ4v) is 2.82. The minimum Gasteiger partial charge on any atom is -0.481 e. The van der Waals surface area contributed by atoms with Gasteiger partial charge in [-0.1, -0.05) is 13.3 Å². The molecule has 1 aromatic rings. The summed E-state index contributed by atoms with van der Waals surface area (Å²) < 4.78 is 126. The third-order valence-corrected chi connectivity index (χ3v) is 4.17. The Morgan fingerprint density at radius 1 is 0.938 bits per heavy atom. The van der Waals surface area contributed by atoms with Crippen molar-refractivity contribution in [1.29, 1.82) is 0 Å². The molecule has 2 atom stereocenters. The van der Waals surface area contributed by atoms with Crippen molar-refractivity contribution in [2.24, 2.45) is 17.6 Å². The Hall–Kier alpha value is -2.58. The molecule has 2 unspecified atom stereocenters. The van der Waals surface area contributed by atoms with Gasteiger partial charge in [0.25, 0.3) is 0 Å². The lowest BCUT2D eigenvalue weighted by molar-refractivity contribution is -0.288. The van der Waals surface area contributed by atoms with E-state index in [-0.39, 0.29) is 25.5 Å². The number of carboxylic acids is 1. The first kappa shape index (κ1) is 27.5. The van der Waals surface area contributed by atoms with Crippen molar-refractivity contribution >= 4 is 5.97 Å². The number of carboxylic acid groups (broad SMARTS) is 1. The van der Waals surface area contributed by atoms with Crippen LogP contribution in [0.1, 0.15) is 25.3 Å². The van der Waals surface area contributed by atoms with Gasteiger partial charge in [0, 0.05) is 12.1 Å². The van der Waals surface area contributed by atoms with E-state index < -0.39 is 66.1 Å². The monoisotopic (exact) mass is 487 g/mol. The summed E-state index contributed by atoms with van der Waals surface area (Å²) in [7, 11) is 0. The van der Waals surface area contributed by atoms with Gasteiger partial charge in [0.1, 0.15) is 5.75 Å². The summed E-state index contributed by atoms with van der Waals surface area (Å²) in [5.74, 6) is -7.97. The zero-order chi connectivity index (χ0) is 24.9. The molecule has 3 N–H and O–H groups in total. The minimum absolute atomic E-state index is 0.0328. The molecule has 32 heavy (non-hydrogen) atoms. The van der Waals surface area contributed by atoms with Gasteiger partial charge in [-0.15, -0.1) is 39.5 Å². The number of ether oxygens (including phenoxy) is 3. The maximum Gasteiger partial charge on any atom is 0.573 e. The number of aliphatic carboxylic acids is 1. The summed E-state index contributed by atoms with van der Waals surface area (Å²) in [6.45, 7) is 1.06. The highest BCUT2D eigenvalue weighted by molar-refractivity contribution is 5.70. The third kappa shape index (κ3) is 9.28. The van der Waals surface area contributed by atoms with Crippen molar-refractivity contribution in [2.45, 2.75) is 45.3 Å². The average molecular weight is 487 g/mol. The lowest BCUT2D eigenvalue weighted by Gasteiger charge is -2.24. The van der Waals surface area contributed by atoms with Crippen LogP contribution in [0.25, 0.3) is 0 Å². The molecule has 0 saturated carbocycles. The fraction of sp³-hybridized carbons (Fsp3) is 0.588. The van der Waals surface area contributed by atoms with Crippen LogP contribution < -0.4 is 19.9 Å². The van der Waals surface area contributed by atoms with Crippen molar-refractivity contribution in [1.82, 2.24) is 0 Å². The molecule has 1 rings (SSSR count). The van der Waals surface area contributed by atoms with Gasteiger partial charge in [-0.3, -0.25) is 4.79 Å². The van der Waals surface area contributed by atoms with Crippen LogP contribution in [0.15, 0.2) is 12.1 Å². The molecule has 0 heterocycles. The van der Waals surface area contributed by atoms with E-state index in [2.05, 4.69) is 14.2 Å². The number of hydrogen-bond acceptors (Lipinski definition) is 5. The lowest BCUT2D eigenvalue weighted by atomic mass is 9.87. The highest BCUT2D eigenvalue weighted by Gasteiger charge is 2.40. The van der Waals surface area contributed by atoms with Gasteiger partial charge >= 0.3 is 25.1 Å². The second-order valence-corrected chi connectivity index (χ2v) is 6.50. The minimum atomic E-state index is -5.60. The van der Waals surface area contributed by atoms with E-state index >= 15 is 0 Å². The first-order valence-corrected chi connectivity index (χ1v) is 8.81. The second kappa shape index (κ2) is 10.4. The Morgan fingerprint density at radius 2 is 1.41 bits per heavy atom. The van der Waals surface area contributed by atoms with E-state index in [1.165, 1.54) is 6.92 Å². The number of hydrogen-bond donors (Lipinski definition) is 2. The van der Waals surface area contributed by atoms with E-state index in [0.717, 1.165) is 0 Å². The van der Waals surface area contributed by atoms with Crippen LogP contribution >= 0.6 is 0 Å². The van der Waals surface area contributed by atoms with Gasteiger partial charge < -0.3 is 25.1 Å². The second-order valence-electron chi connectivity index (χ2n) is 6.50. The largest absolute Gasteiger partial charge is 0.573 e. The summed E-state index contributed by atoms with van der Waals surface area (Å²) in [6.07, 6.45) is -17.5. The Kier molecular flexibility index (Phi) is 8.89. The summed E-state index contributed by atoms with van der Waals surface area (Å²) in [5, 5.41) is 9.10. The van der Waals surface area contributed by atoms with Crippen molar-refractivity contribution in [3.05, 3.63) is 17.7 Å². The average Bonchev–Trinajstić information content (AvgIpc) is 2.59. The van der Waals surface area contributed by atoms with Gasteiger partial charge in [-0.2, -0.15) is 0 Å². The molecule has 0 aliphatic heterocycles. The first-order chi connectivity index (χ1) is 14.5. The maximum atomic E-state index is 12.9. The fourth-order valence-electron chi connectivity index (χ4n) is 2.82. The number of halogens is 9. The van der Waals surface area contributed by atoms with Gasteiger partial charge in [0.2, 0.25) is 0 Å². The zero-order valence-electron chi connectivity index (χ0n) is 16.2. The van der Waals surface area contributed by atoms with Crippen molar-refractivity contribution in [3.8, 4) is 17.2 Å². The van der Waals surface area contributed by atoms with Crippen LogP contribution in [-0.2, 0) is 11.2 Å². The van der Waals surface area contributed by atoms with E-state index in [0.29, 0.717) is 6.07 Å². The molecule has 0 saturated heterocycles. The van der Waals surface area contributed by atoms with E-state index in [1.807, 2.05) is 0 Å². The zero-order valence-corrected chi connectivity index (χ0v) is 16.2. The summed E-state index contributed by atoms with van der Waals surface area (Å²) in [6, 6.07) is 0.525. The molecular formula is C17H18F9NO5. The molecule has 0 spiro atoms. The van der Waals surface area contributed by atoms with Crippen LogP contribution in [0.3, 0.4) is 0 Å². The number of carbonyl (C=O) groups is 1. The number of rotatable bonds is 10. The Morgan fingerprint density at radius 3 is 1.81 bits per heavy atom. The summed E-state index contributed by atoms with van der Waals surface area (Å²) in [4.78, 5) is 11.2. The number of nitrogens with two attached hydrogens (primary N) is 1. The van der Waals surface area contributed by atoms with E-state index in [4.69, 9.17) is 10.8 Å². The van der Waals surface area contributed by atoms with Crippen LogP contribution in [0.2, 0.25) is 0 Å². The molecule has 0 aromatic heterocycles. The maximum absolute atomic E-state index is 12.9. The van der Waals surface area contributed by atoms with Crippen molar-refractivity contribution in [3.63, 3.8) is 0 Å². The van der Waals surface area contributed by atoms with Gasteiger partial charge in [0.05, 0.1) is 5.92 Å². The SMILES string of the molecule is CCC(Cc1c(OC(F)(F)F)ccc(OC(F)(F)F)c1OC(F)(F)F)CC(CN)C(=O)O.